The van der Waals surface area contributed by atoms with Crippen molar-refractivity contribution in [2.75, 3.05) is 0 Å². The highest BCUT2D eigenvalue weighted by Crippen LogP contribution is 2.37. The molecule has 0 radical (unpaired) electrons. The number of hydrogen-bond donors (Lipinski definition) is 2. The minimum Gasteiger partial charge on any atom is -0.481 e. The zero-order valence-electron chi connectivity index (χ0n) is 21.0. The zero-order chi connectivity index (χ0) is 24.9. The summed E-state index contributed by atoms with van der Waals surface area (Å²) in [5, 5.41) is 12.3. The Labute approximate surface area is 206 Å². The molecule has 2 aromatic heterocycles. The summed E-state index contributed by atoms with van der Waals surface area (Å²) in [5.41, 5.74) is 2.32. The summed E-state index contributed by atoms with van der Waals surface area (Å²) < 4.78 is 7.98. The second-order valence-electron chi connectivity index (χ2n) is 10.2. The Balaban J connectivity index is 1.64. The van der Waals surface area contributed by atoms with Crippen LogP contribution >= 0.6 is 0 Å². The lowest BCUT2D eigenvalue weighted by molar-refractivity contribution is -0.137. The average Bonchev–Trinajstić information content (AvgIpc) is 3.46. The summed E-state index contributed by atoms with van der Waals surface area (Å²) in [6.45, 7) is 6.46. The standard InChI is InChI=1S/C28H37N3O4/c1-4-18(2)14-21(16-27(32)33)29-28(34)20-11-12-25-23(15-20)30-26(17-22-9-7-13-35-22)31(25)24-10-6-5-8-19(24)3/h7,9,11-13,15,18-19,21,24H,4-6,8,10,14,16-17H2,1-3H3,(H,29,34)(H,32,33)/t18?,19?,21-,24?/m0/s1. The molecule has 3 aromatic rings. The van der Waals surface area contributed by atoms with Gasteiger partial charge in [-0.05, 0) is 61.4 Å². The maximum atomic E-state index is 13.1. The highest BCUT2D eigenvalue weighted by molar-refractivity contribution is 5.97. The SMILES string of the molecule is CCC(C)C[C@@H](CC(=O)O)NC(=O)c1ccc2c(c1)nc(Cc1ccco1)n2C1CCCCC1C. The number of fused-ring (bicyclic) bond motifs is 1. The van der Waals surface area contributed by atoms with Gasteiger partial charge in [0.25, 0.3) is 5.91 Å². The van der Waals surface area contributed by atoms with E-state index in [1.807, 2.05) is 30.3 Å². The van der Waals surface area contributed by atoms with Gasteiger partial charge in [0.1, 0.15) is 11.6 Å². The lowest BCUT2D eigenvalue weighted by Gasteiger charge is -2.31. The number of rotatable bonds is 10. The van der Waals surface area contributed by atoms with E-state index in [9.17, 15) is 14.7 Å². The minimum absolute atomic E-state index is 0.0835. The van der Waals surface area contributed by atoms with Crippen LogP contribution in [0.2, 0.25) is 0 Å². The molecule has 1 amide bonds. The third kappa shape index (κ3) is 5.95. The van der Waals surface area contributed by atoms with Crippen LogP contribution in [-0.2, 0) is 11.2 Å². The number of nitrogens with zero attached hydrogens (tertiary/aromatic N) is 2. The lowest BCUT2D eigenvalue weighted by atomic mass is 9.85. The molecule has 188 valence electrons. The Morgan fingerprint density at radius 1 is 1.26 bits per heavy atom. The summed E-state index contributed by atoms with van der Waals surface area (Å²) >= 11 is 0. The number of furan rings is 1. The van der Waals surface area contributed by atoms with Gasteiger partial charge in [0.15, 0.2) is 0 Å². The molecule has 1 aromatic carbocycles. The number of benzene rings is 1. The molecule has 4 rings (SSSR count). The third-order valence-corrected chi connectivity index (χ3v) is 7.48. The molecule has 4 atom stereocenters. The Kier molecular flexibility index (Phi) is 7.93. The largest absolute Gasteiger partial charge is 0.481 e. The van der Waals surface area contributed by atoms with E-state index in [4.69, 9.17) is 9.40 Å². The number of imidazole rings is 1. The number of aromatic nitrogens is 2. The van der Waals surface area contributed by atoms with E-state index in [-0.39, 0.29) is 12.3 Å². The second kappa shape index (κ2) is 11.1. The Morgan fingerprint density at radius 3 is 2.74 bits per heavy atom. The molecule has 7 heteroatoms. The number of nitrogens with one attached hydrogen (secondary N) is 1. The molecule has 0 aliphatic heterocycles. The van der Waals surface area contributed by atoms with Crippen LogP contribution in [0, 0.1) is 11.8 Å². The fourth-order valence-electron chi connectivity index (χ4n) is 5.36. The average molecular weight is 480 g/mol. The van der Waals surface area contributed by atoms with Crippen molar-refractivity contribution in [2.45, 2.75) is 84.2 Å². The van der Waals surface area contributed by atoms with Crippen LogP contribution in [-0.4, -0.2) is 32.6 Å². The fourth-order valence-corrected chi connectivity index (χ4v) is 5.36. The molecule has 2 N–H and O–H groups in total. The van der Waals surface area contributed by atoms with Gasteiger partial charge in [0.2, 0.25) is 0 Å². The predicted octanol–water partition coefficient (Wildman–Crippen LogP) is 5.98. The summed E-state index contributed by atoms with van der Waals surface area (Å²) in [6.07, 6.45) is 8.56. The smallest absolute Gasteiger partial charge is 0.305 e. The summed E-state index contributed by atoms with van der Waals surface area (Å²) in [7, 11) is 0. The number of amides is 1. The molecule has 0 saturated heterocycles. The number of aliphatic carboxylic acids is 1. The van der Waals surface area contributed by atoms with Crippen LogP contribution in [0.5, 0.6) is 0 Å². The first-order valence-corrected chi connectivity index (χ1v) is 12.9. The van der Waals surface area contributed by atoms with Crippen LogP contribution in [0.15, 0.2) is 41.0 Å². The van der Waals surface area contributed by atoms with Crippen molar-refractivity contribution < 1.29 is 19.1 Å². The Morgan fingerprint density at radius 2 is 2.06 bits per heavy atom. The van der Waals surface area contributed by atoms with E-state index in [1.165, 1.54) is 19.3 Å². The number of hydrogen-bond acceptors (Lipinski definition) is 4. The topological polar surface area (TPSA) is 97.4 Å². The molecule has 1 aliphatic carbocycles. The maximum Gasteiger partial charge on any atom is 0.305 e. The lowest BCUT2D eigenvalue weighted by Crippen LogP contribution is -2.37. The molecule has 3 unspecified atom stereocenters. The van der Waals surface area contributed by atoms with E-state index in [0.717, 1.165) is 35.5 Å². The van der Waals surface area contributed by atoms with Gasteiger partial charge >= 0.3 is 5.97 Å². The number of carboxylic acids is 1. The normalized spacial score (nSPS) is 20.0. The molecule has 0 spiro atoms. The van der Waals surface area contributed by atoms with Gasteiger partial charge in [-0.1, -0.05) is 40.0 Å². The van der Waals surface area contributed by atoms with Crippen molar-refractivity contribution in [1.82, 2.24) is 14.9 Å². The predicted molar refractivity (Wildman–Crippen MR) is 135 cm³/mol. The van der Waals surface area contributed by atoms with Crippen LogP contribution < -0.4 is 5.32 Å². The first kappa shape index (κ1) is 25.0. The number of carbonyl (C=O) groups excluding carboxylic acids is 1. The van der Waals surface area contributed by atoms with Crippen molar-refractivity contribution in [3.63, 3.8) is 0 Å². The van der Waals surface area contributed by atoms with Crippen LogP contribution in [0.3, 0.4) is 0 Å². The van der Waals surface area contributed by atoms with Crippen molar-refractivity contribution >= 4 is 22.9 Å². The quantitative estimate of drug-likeness (QED) is 0.373. The van der Waals surface area contributed by atoms with E-state index in [2.05, 4.69) is 30.7 Å². The molecular weight excluding hydrogens is 442 g/mol. The molecule has 2 heterocycles. The monoisotopic (exact) mass is 479 g/mol. The molecule has 1 aliphatic rings. The van der Waals surface area contributed by atoms with Crippen molar-refractivity contribution in [1.29, 1.82) is 0 Å². The van der Waals surface area contributed by atoms with Gasteiger partial charge in [0, 0.05) is 17.6 Å². The molecule has 1 fully saturated rings. The Bertz CT molecular complexity index is 1150. The highest BCUT2D eigenvalue weighted by Gasteiger charge is 2.28. The zero-order valence-corrected chi connectivity index (χ0v) is 21.0. The first-order valence-electron chi connectivity index (χ1n) is 12.9. The second-order valence-corrected chi connectivity index (χ2v) is 10.2. The van der Waals surface area contributed by atoms with Crippen LogP contribution in [0.1, 0.15) is 93.7 Å². The summed E-state index contributed by atoms with van der Waals surface area (Å²) in [5.74, 6) is 1.54. The van der Waals surface area contributed by atoms with Crippen molar-refractivity contribution in [2.24, 2.45) is 11.8 Å². The maximum absolute atomic E-state index is 13.1. The van der Waals surface area contributed by atoms with E-state index >= 15 is 0 Å². The molecule has 7 nitrogen and oxygen atoms in total. The third-order valence-electron chi connectivity index (χ3n) is 7.48. The van der Waals surface area contributed by atoms with Gasteiger partial charge in [-0.2, -0.15) is 0 Å². The van der Waals surface area contributed by atoms with E-state index in [1.54, 1.807) is 6.26 Å². The van der Waals surface area contributed by atoms with Gasteiger partial charge < -0.3 is 19.4 Å². The minimum atomic E-state index is -0.906. The van der Waals surface area contributed by atoms with Crippen molar-refractivity contribution in [3.05, 3.63) is 53.7 Å². The van der Waals surface area contributed by atoms with Gasteiger partial charge in [-0.3, -0.25) is 9.59 Å². The molecular formula is C28H37N3O4. The van der Waals surface area contributed by atoms with Crippen molar-refractivity contribution in [3.8, 4) is 0 Å². The van der Waals surface area contributed by atoms with E-state index < -0.39 is 12.0 Å². The summed E-state index contributed by atoms with van der Waals surface area (Å²) in [4.78, 5) is 29.4. The summed E-state index contributed by atoms with van der Waals surface area (Å²) in [6, 6.07) is 9.48. The number of carboxylic acid groups (broad SMARTS) is 1. The molecule has 35 heavy (non-hydrogen) atoms. The first-order chi connectivity index (χ1) is 16.9. The van der Waals surface area contributed by atoms with Gasteiger partial charge in [0.05, 0.1) is 30.1 Å². The van der Waals surface area contributed by atoms with Crippen LogP contribution in [0.25, 0.3) is 11.0 Å². The van der Waals surface area contributed by atoms with Crippen LogP contribution in [0.4, 0.5) is 0 Å². The van der Waals surface area contributed by atoms with E-state index in [0.29, 0.717) is 36.3 Å². The van der Waals surface area contributed by atoms with Gasteiger partial charge in [-0.25, -0.2) is 4.98 Å². The molecule has 1 saturated carbocycles. The Hall–Kier alpha value is -3.09. The fraction of sp³-hybridized carbons (Fsp3) is 0.536. The number of carbonyl (C=O) groups is 2. The highest BCUT2D eigenvalue weighted by atomic mass is 16.4. The molecule has 0 bridgehead atoms. The van der Waals surface area contributed by atoms with Gasteiger partial charge in [-0.15, -0.1) is 0 Å².